The van der Waals surface area contributed by atoms with E-state index >= 15 is 0 Å². The first-order valence-electron chi connectivity index (χ1n) is 6.13. The number of benzene rings is 1. The van der Waals surface area contributed by atoms with Crippen LogP contribution >= 0.6 is 27.3 Å². The summed E-state index contributed by atoms with van der Waals surface area (Å²) in [4.78, 5) is 0. The fourth-order valence-corrected chi connectivity index (χ4v) is 4.87. The molecule has 1 aromatic carbocycles. The molecule has 0 amide bonds. The monoisotopic (exact) mass is 390 g/mol. The maximum atomic E-state index is 12.1. The molecule has 0 radical (unpaired) electrons. The van der Waals surface area contributed by atoms with E-state index in [1.165, 1.54) is 11.3 Å². The predicted octanol–water partition coefficient (Wildman–Crippen LogP) is 2.76. The van der Waals surface area contributed by atoms with Gasteiger partial charge in [-0.3, -0.25) is 0 Å². The van der Waals surface area contributed by atoms with Gasteiger partial charge in [-0.25, -0.2) is 13.1 Å². The molecule has 21 heavy (non-hydrogen) atoms. The second-order valence-electron chi connectivity index (χ2n) is 4.31. The molecule has 0 saturated heterocycles. The summed E-state index contributed by atoms with van der Waals surface area (Å²) in [7, 11) is -3.50. The highest BCUT2D eigenvalue weighted by atomic mass is 79.9. The maximum absolute atomic E-state index is 12.1. The number of anilines is 1. The fraction of sp³-hybridized carbons (Fsp3) is 0.231. The zero-order valence-corrected chi connectivity index (χ0v) is 14.5. The quantitative estimate of drug-likeness (QED) is 0.586. The minimum absolute atomic E-state index is 0.172. The third-order valence-corrected chi connectivity index (χ3v) is 6.74. The van der Waals surface area contributed by atoms with Gasteiger partial charge in [-0.1, -0.05) is 12.1 Å². The van der Waals surface area contributed by atoms with Crippen molar-refractivity contribution in [1.29, 1.82) is 0 Å². The lowest BCUT2D eigenvalue weighted by Crippen LogP contribution is -2.27. The Bertz CT molecular complexity index is 709. The van der Waals surface area contributed by atoms with E-state index in [1.807, 2.05) is 19.1 Å². The largest absolute Gasteiger partial charge is 0.490 e. The van der Waals surface area contributed by atoms with Gasteiger partial charge in [0, 0.05) is 6.54 Å². The Hall–Kier alpha value is -1.09. The molecule has 0 bridgehead atoms. The Morgan fingerprint density at radius 1 is 1.38 bits per heavy atom. The van der Waals surface area contributed by atoms with Crippen LogP contribution in [0.5, 0.6) is 5.75 Å². The minimum atomic E-state index is -3.50. The lowest BCUT2D eigenvalue weighted by molar-refractivity contribution is 0.324. The summed E-state index contributed by atoms with van der Waals surface area (Å²) in [6, 6.07) is 8.71. The van der Waals surface area contributed by atoms with Crippen molar-refractivity contribution >= 4 is 43.0 Å². The molecule has 0 fully saturated rings. The predicted molar refractivity (Wildman–Crippen MR) is 88.3 cm³/mol. The second kappa shape index (κ2) is 6.78. The summed E-state index contributed by atoms with van der Waals surface area (Å²) in [6.07, 6.45) is 0. The molecule has 0 unspecified atom stereocenters. The summed E-state index contributed by atoms with van der Waals surface area (Å²) in [6.45, 7) is 2.23. The van der Waals surface area contributed by atoms with Gasteiger partial charge >= 0.3 is 0 Å². The van der Waals surface area contributed by atoms with E-state index in [9.17, 15) is 8.42 Å². The third kappa shape index (κ3) is 4.19. The van der Waals surface area contributed by atoms with E-state index in [0.717, 1.165) is 9.35 Å². The molecule has 5 nitrogen and oxygen atoms in total. The van der Waals surface area contributed by atoms with E-state index < -0.39 is 10.0 Å². The van der Waals surface area contributed by atoms with Crippen molar-refractivity contribution in [3.63, 3.8) is 0 Å². The lowest BCUT2D eigenvalue weighted by Gasteiger charge is -2.09. The van der Waals surface area contributed by atoms with E-state index in [2.05, 4.69) is 20.7 Å². The molecule has 1 heterocycles. The van der Waals surface area contributed by atoms with E-state index in [-0.39, 0.29) is 17.4 Å². The van der Waals surface area contributed by atoms with Crippen molar-refractivity contribution in [3.8, 4) is 5.75 Å². The first-order valence-corrected chi connectivity index (χ1v) is 9.22. The first-order chi connectivity index (χ1) is 9.90. The van der Waals surface area contributed by atoms with Gasteiger partial charge < -0.3 is 10.5 Å². The normalized spacial score (nSPS) is 11.5. The Morgan fingerprint density at radius 2 is 2.10 bits per heavy atom. The van der Waals surface area contributed by atoms with Crippen LogP contribution in [0.2, 0.25) is 0 Å². The molecule has 0 aliphatic rings. The molecule has 0 aliphatic carbocycles. The van der Waals surface area contributed by atoms with Crippen LogP contribution in [0.1, 0.15) is 5.56 Å². The van der Waals surface area contributed by atoms with Gasteiger partial charge in [0.15, 0.2) is 0 Å². The standard InChI is InChI=1S/C13H15BrN2O3S2/c1-9-8-12(20-13(9)14)21(17,18)16-6-7-19-11-5-3-2-4-10(11)15/h2-5,8,16H,6-7,15H2,1H3. The third-order valence-electron chi connectivity index (χ3n) is 2.67. The summed E-state index contributed by atoms with van der Waals surface area (Å²) < 4.78 is 33.2. The zero-order chi connectivity index (χ0) is 15.5. The lowest BCUT2D eigenvalue weighted by atomic mass is 10.3. The highest BCUT2D eigenvalue weighted by Crippen LogP contribution is 2.30. The van der Waals surface area contributed by atoms with E-state index in [0.29, 0.717) is 11.4 Å². The van der Waals surface area contributed by atoms with Crippen LogP contribution in [-0.4, -0.2) is 21.6 Å². The number of ether oxygens (including phenoxy) is 1. The number of nitrogens with two attached hydrogens (primary N) is 1. The highest BCUT2D eigenvalue weighted by molar-refractivity contribution is 9.11. The van der Waals surface area contributed by atoms with Crippen LogP contribution in [0.25, 0.3) is 0 Å². The average molecular weight is 391 g/mol. The number of thiophene rings is 1. The Labute approximate surface area is 136 Å². The summed E-state index contributed by atoms with van der Waals surface area (Å²) in [5.74, 6) is 0.548. The highest BCUT2D eigenvalue weighted by Gasteiger charge is 2.17. The van der Waals surface area contributed by atoms with Gasteiger partial charge in [0.05, 0.1) is 9.47 Å². The van der Waals surface area contributed by atoms with Gasteiger partial charge in [-0.05, 0) is 46.6 Å². The molecule has 2 rings (SSSR count). The fourth-order valence-electron chi connectivity index (χ4n) is 1.58. The topological polar surface area (TPSA) is 81.4 Å². The van der Waals surface area contributed by atoms with Crippen molar-refractivity contribution < 1.29 is 13.2 Å². The Kier molecular flexibility index (Phi) is 5.26. The maximum Gasteiger partial charge on any atom is 0.250 e. The van der Waals surface area contributed by atoms with Crippen LogP contribution in [0.3, 0.4) is 0 Å². The Balaban J connectivity index is 1.90. The number of aryl methyl sites for hydroxylation is 1. The van der Waals surface area contributed by atoms with Crippen LogP contribution < -0.4 is 15.2 Å². The molecule has 3 N–H and O–H groups in total. The van der Waals surface area contributed by atoms with Gasteiger partial charge in [0.2, 0.25) is 10.0 Å². The van der Waals surface area contributed by atoms with Crippen molar-refractivity contribution in [1.82, 2.24) is 4.72 Å². The Morgan fingerprint density at radius 3 is 2.71 bits per heavy atom. The number of rotatable bonds is 6. The molecule has 8 heteroatoms. The smallest absolute Gasteiger partial charge is 0.250 e. The van der Waals surface area contributed by atoms with Gasteiger partial charge in [-0.15, -0.1) is 11.3 Å². The molecule has 1 aromatic heterocycles. The number of para-hydroxylation sites is 2. The molecule has 114 valence electrons. The molecule has 0 atom stereocenters. The zero-order valence-electron chi connectivity index (χ0n) is 11.3. The number of nitrogen functional groups attached to an aromatic ring is 1. The number of hydrogen-bond donors (Lipinski definition) is 2. The summed E-state index contributed by atoms with van der Waals surface area (Å²) in [5.41, 5.74) is 7.15. The van der Waals surface area contributed by atoms with Crippen molar-refractivity contribution in [2.24, 2.45) is 0 Å². The first kappa shape index (κ1) is 16.3. The molecule has 2 aromatic rings. The number of hydrogen-bond acceptors (Lipinski definition) is 5. The summed E-state index contributed by atoms with van der Waals surface area (Å²) in [5, 5.41) is 0. The molecule has 0 aliphatic heterocycles. The molecule has 0 saturated carbocycles. The van der Waals surface area contributed by atoms with Crippen molar-refractivity contribution in [2.45, 2.75) is 11.1 Å². The minimum Gasteiger partial charge on any atom is -0.490 e. The van der Waals surface area contributed by atoms with Gasteiger partial charge in [0.1, 0.15) is 16.6 Å². The van der Waals surface area contributed by atoms with E-state index in [1.54, 1.807) is 18.2 Å². The van der Waals surface area contributed by atoms with Gasteiger partial charge in [0.25, 0.3) is 0 Å². The number of nitrogens with one attached hydrogen (secondary N) is 1. The number of halogens is 1. The van der Waals surface area contributed by atoms with Crippen LogP contribution in [0, 0.1) is 6.92 Å². The molecule has 0 spiro atoms. The SMILES string of the molecule is Cc1cc(S(=O)(=O)NCCOc2ccccc2N)sc1Br. The van der Waals surface area contributed by atoms with Crippen LogP contribution in [-0.2, 0) is 10.0 Å². The van der Waals surface area contributed by atoms with Crippen molar-refractivity contribution in [3.05, 3.63) is 39.7 Å². The van der Waals surface area contributed by atoms with Crippen LogP contribution in [0.15, 0.2) is 38.3 Å². The van der Waals surface area contributed by atoms with E-state index in [4.69, 9.17) is 10.5 Å². The van der Waals surface area contributed by atoms with Gasteiger partial charge in [-0.2, -0.15) is 0 Å². The van der Waals surface area contributed by atoms with Crippen LogP contribution in [0.4, 0.5) is 5.69 Å². The second-order valence-corrected chi connectivity index (χ2v) is 8.67. The molecular weight excluding hydrogens is 376 g/mol. The van der Waals surface area contributed by atoms with Crippen molar-refractivity contribution in [2.75, 3.05) is 18.9 Å². The summed E-state index contributed by atoms with van der Waals surface area (Å²) >= 11 is 4.50. The number of sulfonamides is 1. The molecular formula is C13H15BrN2O3S2. The average Bonchev–Trinajstić information content (AvgIpc) is 2.77.